The zero-order valence-corrected chi connectivity index (χ0v) is 11.3. The summed E-state index contributed by atoms with van der Waals surface area (Å²) in [6, 6.07) is -1.10. The Morgan fingerprint density at radius 1 is 1.20 bits per heavy atom. The van der Waals surface area contributed by atoms with Crippen molar-refractivity contribution in [3.63, 3.8) is 0 Å². The predicted octanol–water partition coefficient (Wildman–Crippen LogP) is -4.01. The SMILES string of the molecule is CC(=O)N[C@@H]1C(O)O[C@H](CO)[C@@H](O)[C@@H]1O.O=P(O)(O)O. The summed E-state index contributed by atoms with van der Waals surface area (Å²) in [4.78, 5) is 32.3. The zero-order valence-electron chi connectivity index (χ0n) is 10.4. The molecule has 1 unspecified atom stereocenters. The highest BCUT2D eigenvalue weighted by atomic mass is 31.2. The highest BCUT2D eigenvalue weighted by molar-refractivity contribution is 7.45. The molecule has 0 aromatic rings. The van der Waals surface area contributed by atoms with Crippen LogP contribution in [0.25, 0.3) is 0 Å². The Bertz CT molecular complexity index is 351. The molecule has 0 saturated carbocycles. The van der Waals surface area contributed by atoms with Gasteiger partial charge in [-0.15, -0.1) is 0 Å². The minimum absolute atomic E-state index is 0.462. The number of hydrogen-bond donors (Lipinski definition) is 8. The number of ether oxygens (including phenoxy) is 1. The fourth-order valence-corrected chi connectivity index (χ4v) is 1.49. The first-order valence-electron chi connectivity index (χ1n) is 5.33. The molecular weight excluding hydrogens is 301 g/mol. The molecule has 0 bridgehead atoms. The lowest BCUT2D eigenvalue weighted by Crippen LogP contribution is -2.63. The van der Waals surface area contributed by atoms with Crippen molar-refractivity contribution in [1.29, 1.82) is 0 Å². The minimum Gasteiger partial charge on any atom is -0.394 e. The summed E-state index contributed by atoms with van der Waals surface area (Å²) >= 11 is 0. The van der Waals surface area contributed by atoms with Gasteiger partial charge in [-0.2, -0.15) is 0 Å². The number of phosphoric acid groups is 1. The Kier molecular flexibility index (Phi) is 7.73. The fraction of sp³-hybridized carbons (Fsp3) is 0.875. The van der Waals surface area contributed by atoms with Gasteiger partial charge < -0.3 is 45.2 Å². The normalized spacial score (nSPS) is 33.9. The molecule has 0 aromatic carbocycles. The average molecular weight is 319 g/mol. The second-order valence-corrected chi connectivity index (χ2v) is 4.99. The van der Waals surface area contributed by atoms with Gasteiger partial charge >= 0.3 is 7.82 Å². The Morgan fingerprint density at radius 3 is 2.00 bits per heavy atom. The Morgan fingerprint density at radius 2 is 1.65 bits per heavy atom. The lowest BCUT2D eigenvalue weighted by molar-refractivity contribution is -0.253. The van der Waals surface area contributed by atoms with Crippen molar-refractivity contribution in [1.82, 2.24) is 5.32 Å². The van der Waals surface area contributed by atoms with Gasteiger partial charge in [-0.3, -0.25) is 4.79 Å². The molecule has 1 amide bonds. The molecule has 1 fully saturated rings. The van der Waals surface area contributed by atoms with Crippen molar-refractivity contribution in [2.24, 2.45) is 0 Å². The molecule has 0 radical (unpaired) electrons. The molecule has 20 heavy (non-hydrogen) atoms. The van der Waals surface area contributed by atoms with E-state index in [0.717, 1.165) is 0 Å². The van der Waals surface area contributed by atoms with Crippen LogP contribution in [0.3, 0.4) is 0 Å². The van der Waals surface area contributed by atoms with E-state index >= 15 is 0 Å². The van der Waals surface area contributed by atoms with Gasteiger partial charge in [0.25, 0.3) is 0 Å². The van der Waals surface area contributed by atoms with E-state index in [2.05, 4.69) is 5.32 Å². The van der Waals surface area contributed by atoms with E-state index in [1.807, 2.05) is 0 Å². The largest absolute Gasteiger partial charge is 0.466 e. The lowest BCUT2D eigenvalue weighted by atomic mass is 9.97. The lowest BCUT2D eigenvalue weighted by Gasteiger charge is -2.40. The molecule has 1 rings (SSSR count). The molecule has 1 aliphatic rings. The number of aliphatic hydroxyl groups excluding tert-OH is 4. The monoisotopic (exact) mass is 319 g/mol. The number of amides is 1. The van der Waals surface area contributed by atoms with E-state index in [4.69, 9.17) is 29.1 Å². The molecule has 1 saturated heterocycles. The smallest absolute Gasteiger partial charge is 0.394 e. The van der Waals surface area contributed by atoms with E-state index in [9.17, 15) is 20.1 Å². The second kappa shape index (κ2) is 7.98. The van der Waals surface area contributed by atoms with Crippen molar-refractivity contribution in [3.8, 4) is 0 Å². The molecule has 0 aliphatic carbocycles. The van der Waals surface area contributed by atoms with Gasteiger partial charge in [-0.25, -0.2) is 4.57 Å². The number of carbonyl (C=O) groups excluding carboxylic acids is 1. The van der Waals surface area contributed by atoms with Crippen LogP contribution in [0.15, 0.2) is 0 Å². The van der Waals surface area contributed by atoms with Gasteiger partial charge in [0.15, 0.2) is 6.29 Å². The Balaban J connectivity index is 0.000000621. The Labute approximate surface area is 113 Å². The molecule has 0 spiro atoms. The molecule has 12 heteroatoms. The number of rotatable bonds is 2. The van der Waals surface area contributed by atoms with Crippen molar-refractivity contribution in [2.45, 2.75) is 37.6 Å². The third-order valence-electron chi connectivity index (χ3n) is 2.27. The maximum Gasteiger partial charge on any atom is 0.466 e. The number of hydrogen-bond acceptors (Lipinski definition) is 7. The molecule has 11 nitrogen and oxygen atoms in total. The fourth-order valence-electron chi connectivity index (χ4n) is 1.49. The quantitative estimate of drug-likeness (QED) is 0.232. The molecule has 1 aliphatic heterocycles. The second-order valence-electron chi connectivity index (χ2n) is 3.97. The average Bonchev–Trinajstić information content (AvgIpc) is 2.27. The molecule has 120 valence electrons. The number of aliphatic hydroxyl groups is 4. The first-order valence-corrected chi connectivity index (χ1v) is 6.89. The van der Waals surface area contributed by atoms with Crippen LogP contribution in [0.4, 0.5) is 0 Å². The molecular formula is C8H18NO10P. The summed E-state index contributed by atoms with van der Waals surface area (Å²) in [7, 11) is -4.64. The first-order chi connectivity index (χ1) is 8.97. The van der Waals surface area contributed by atoms with Crippen LogP contribution in [0.2, 0.25) is 0 Å². The van der Waals surface area contributed by atoms with E-state index in [1.54, 1.807) is 0 Å². The summed E-state index contributed by atoms with van der Waals surface area (Å²) in [5, 5.41) is 39.4. The first kappa shape index (κ1) is 19.4. The van der Waals surface area contributed by atoms with Crippen LogP contribution in [-0.4, -0.2) is 78.3 Å². The summed E-state index contributed by atoms with van der Waals surface area (Å²) < 4.78 is 13.7. The van der Waals surface area contributed by atoms with E-state index in [-0.39, 0.29) is 0 Å². The molecule has 8 N–H and O–H groups in total. The van der Waals surface area contributed by atoms with Gasteiger partial charge in [0.05, 0.1) is 6.61 Å². The van der Waals surface area contributed by atoms with Gasteiger partial charge in [0, 0.05) is 6.92 Å². The third kappa shape index (κ3) is 7.24. The van der Waals surface area contributed by atoms with Crippen LogP contribution >= 0.6 is 7.82 Å². The zero-order chi connectivity index (χ0) is 16.1. The van der Waals surface area contributed by atoms with Gasteiger partial charge in [-0.1, -0.05) is 0 Å². The van der Waals surface area contributed by atoms with Crippen molar-refractivity contribution in [3.05, 3.63) is 0 Å². The Hall–Kier alpha value is -0.620. The van der Waals surface area contributed by atoms with Crippen molar-refractivity contribution >= 4 is 13.7 Å². The van der Waals surface area contributed by atoms with E-state index in [1.165, 1.54) is 6.92 Å². The number of nitrogens with one attached hydrogen (secondary N) is 1. The summed E-state index contributed by atoms with van der Waals surface area (Å²) in [6.07, 6.45) is -5.24. The number of carbonyl (C=O) groups is 1. The molecule has 0 aromatic heterocycles. The maximum atomic E-state index is 10.7. The van der Waals surface area contributed by atoms with Gasteiger partial charge in [-0.05, 0) is 0 Å². The third-order valence-corrected chi connectivity index (χ3v) is 2.27. The molecule has 5 atom stereocenters. The van der Waals surface area contributed by atoms with Crippen molar-refractivity contribution < 1.29 is 49.2 Å². The van der Waals surface area contributed by atoms with E-state index in [0.29, 0.717) is 0 Å². The van der Waals surface area contributed by atoms with Crippen LogP contribution in [0.5, 0.6) is 0 Å². The van der Waals surface area contributed by atoms with Gasteiger partial charge in [0.2, 0.25) is 5.91 Å². The maximum absolute atomic E-state index is 10.7. The highest BCUT2D eigenvalue weighted by Crippen LogP contribution is 2.25. The van der Waals surface area contributed by atoms with E-state index < -0.39 is 51.0 Å². The predicted molar refractivity (Wildman–Crippen MR) is 61.8 cm³/mol. The minimum atomic E-state index is -4.64. The molecule has 1 heterocycles. The van der Waals surface area contributed by atoms with Gasteiger partial charge in [0.1, 0.15) is 24.4 Å². The standard InChI is InChI=1S/C8H15NO6.H3O4P/c1-3(11)9-5-7(13)6(12)4(2-10)15-8(5)14;1-5(2,3)4/h4-8,10,12-14H,2H2,1H3,(H,9,11);(H3,1,2,3,4)/t4-,5+,6-,7-,8?;/m1./s1. The summed E-state index contributed by atoms with van der Waals surface area (Å²) in [5.41, 5.74) is 0. The van der Waals surface area contributed by atoms with Crippen LogP contribution in [-0.2, 0) is 14.1 Å². The van der Waals surface area contributed by atoms with Crippen LogP contribution in [0, 0.1) is 0 Å². The highest BCUT2D eigenvalue weighted by Gasteiger charge is 2.43. The summed E-state index contributed by atoms with van der Waals surface area (Å²) in [5.74, 6) is -0.462. The van der Waals surface area contributed by atoms with Crippen molar-refractivity contribution in [2.75, 3.05) is 6.61 Å². The van der Waals surface area contributed by atoms with Crippen LogP contribution < -0.4 is 5.32 Å². The van der Waals surface area contributed by atoms with Crippen LogP contribution in [0.1, 0.15) is 6.92 Å². The topological polar surface area (TPSA) is 197 Å². The summed E-state index contributed by atoms with van der Waals surface area (Å²) in [6.45, 7) is 0.687.